The van der Waals surface area contributed by atoms with Crippen molar-refractivity contribution in [1.82, 2.24) is 0 Å². The second-order valence-corrected chi connectivity index (χ2v) is 3.32. The molecule has 10 heavy (non-hydrogen) atoms. The highest BCUT2D eigenvalue weighted by Crippen LogP contribution is 2.26. The van der Waals surface area contributed by atoms with Crippen molar-refractivity contribution in [1.29, 1.82) is 0 Å². The highest BCUT2D eigenvalue weighted by Gasteiger charge is 2.25. The van der Waals surface area contributed by atoms with Gasteiger partial charge in [0.2, 0.25) is 0 Å². The summed E-state index contributed by atoms with van der Waals surface area (Å²) >= 11 is 5.70. The molecule has 1 saturated carbocycles. The number of hydrogen-bond acceptors (Lipinski definition) is 1. The van der Waals surface area contributed by atoms with Crippen LogP contribution in [0.15, 0.2) is 0 Å². The lowest BCUT2D eigenvalue weighted by Crippen LogP contribution is -2.43. The Morgan fingerprint density at radius 1 is 1.20 bits per heavy atom. The highest BCUT2D eigenvalue weighted by molar-refractivity contribution is 6.18. The molecule has 1 rings (SSSR count). The Morgan fingerprint density at radius 3 is 2.00 bits per heavy atom. The number of hydrogen-bond donors (Lipinski definition) is 1. The predicted molar refractivity (Wildman–Crippen MR) is 48.0 cm³/mol. The van der Waals surface area contributed by atoms with E-state index in [1.165, 1.54) is 19.3 Å². The zero-order valence-electron chi connectivity index (χ0n) is 6.11. The van der Waals surface area contributed by atoms with Gasteiger partial charge in [0.1, 0.15) is 0 Å². The molecule has 0 aromatic carbocycles. The summed E-state index contributed by atoms with van der Waals surface area (Å²) in [6.07, 6.45) is 6.12. The zero-order chi connectivity index (χ0) is 6.74. The first kappa shape index (κ1) is 10.5. The average molecular weight is 184 g/mol. The maximum absolute atomic E-state index is 5.93. The first-order chi connectivity index (χ1) is 4.27. The summed E-state index contributed by atoms with van der Waals surface area (Å²) in [4.78, 5) is 0. The molecule has 1 fully saturated rings. The van der Waals surface area contributed by atoms with Crippen molar-refractivity contribution < 1.29 is 0 Å². The van der Waals surface area contributed by atoms with E-state index in [1.54, 1.807) is 0 Å². The van der Waals surface area contributed by atoms with Crippen molar-refractivity contribution >= 4 is 24.0 Å². The van der Waals surface area contributed by atoms with Crippen molar-refractivity contribution in [2.75, 3.05) is 5.88 Å². The summed E-state index contributed by atoms with van der Waals surface area (Å²) in [6, 6.07) is 0. The van der Waals surface area contributed by atoms with Gasteiger partial charge < -0.3 is 5.73 Å². The van der Waals surface area contributed by atoms with E-state index in [2.05, 4.69) is 0 Å². The van der Waals surface area contributed by atoms with Crippen LogP contribution >= 0.6 is 24.0 Å². The van der Waals surface area contributed by atoms with Crippen molar-refractivity contribution in [3.05, 3.63) is 0 Å². The monoisotopic (exact) mass is 183 g/mol. The Hall–Kier alpha value is 0.540. The van der Waals surface area contributed by atoms with Crippen LogP contribution in [0.5, 0.6) is 0 Å². The Morgan fingerprint density at radius 2 is 1.70 bits per heavy atom. The van der Waals surface area contributed by atoms with Gasteiger partial charge in [-0.3, -0.25) is 0 Å². The van der Waals surface area contributed by atoms with Gasteiger partial charge in [0.05, 0.1) is 0 Å². The van der Waals surface area contributed by atoms with Crippen molar-refractivity contribution in [3.8, 4) is 0 Å². The molecule has 1 aliphatic rings. The van der Waals surface area contributed by atoms with E-state index in [0.29, 0.717) is 5.88 Å². The highest BCUT2D eigenvalue weighted by atomic mass is 35.5. The van der Waals surface area contributed by atoms with Gasteiger partial charge in [-0.25, -0.2) is 0 Å². The molecule has 62 valence electrons. The van der Waals surface area contributed by atoms with Gasteiger partial charge in [0.15, 0.2) is 0 Å². The molecule has 0 aromatic rings. The lowest BCUT2D eigenvalue weighted by atomic mass is 9.84. The summed E-state index contributed by atoms with van der Waals surface area (Å²) in [6.45, 7) is 0. The van der Waals surface area contributed by atoms with Crippen LogP contribution in [0.3, 0.4) is 0 Å². The Balaban J connectivity index is 0.000000810. The fourth-order valence-corrected chi connectivity index (χ4v) is 1.66. The van der Waals surface area contributed by atoms with Crippen molar-refractivity contribution in [2.45, 2.75) is 37.6 Å². The van der Waals surface area contributed by atoms with E-state index < -0.39 is 0 Å². The minimum atomic E-state index is -0.0141. The standard InChI is InChI=1S/C7H14ClN.ClH/c8-6-7(9)4-2-1-3-5-7;/h1-6,9H2;1H. The molecular formula is C7H15Cl2N. The Labute approximate surface area is 73.7 Å². The molecule has 0 spiro atoms. The molecule has 0 heterocycles. The van der Waals surface area contributed by atoms with Gasteiger partial charge in [0, 0.05) is 11.4 Å². The van der Waals surface area contributed by atoms with Crippen LogP contribution in [0.4, 0.5) is 0 Å². The van der Waals surface area contributed by atoms with Crippen LogP contribution in [0.2, 0.25) is 0 Å². The van der Waals surface area contributed by atoms with Gasteiger partial charge in [-0.15, -0.1) is 24.0 Å². The molecule has 1 nitrogen and oxygen atoms in total. The van der Waals surface area contributed by atoms with Gasteiger partial charge >= 0.3 is 0 Å². The summed E-state index contributed by atoms with van der Waals surface area (Å²) < 4.78 is 0. The third-order valence-corrected chi connectivity index (χ3v) is 2.65. The van der Waals surface area contributed by atoms with Crippen LogP contribution in [-0.2, 0) is 0 Å². The summed E-state index contributed by atoms with van der Waals surface area (Å²) in [5, 5.41) is 0. The van der Waals surface area contributed by atoms with Crippen molar-refractivity contribution in [3.63, 3.8) is 0 Å². The molecule has 0 saturated heterocycles. The first-order valence-electron chi connectivity index (χ1n) is 3.62. The van der Waals surface area contributed by atoms with E-state index in [9.17, 15) is 0 Å². The number of alkyl halides is 1. The van der Waals surface area contributed by atoms with E-state index in [1.807, 2.05) is 0 Å². The normalized spacial score (nSPS) is 23.4. The topological polar surface area (TPSA) is 26.0 Å². The molecule has 0 amide bonds. The van der Waals surface area contributed by atoms with Crippen molar-refractivity contribution in [2.24, 2.45) is 5.73 Å². The fourth-order valence-electron chi connectivity index (χ4n) is 1.39. The maximum Gasteiger partial charge on any atom is 0.0403 e. The SMILES string of the molecule is Cl.NC1(CCl)CCCCC1. The molecule has 0 aromatic heterocycles. The fraction of sp³-hybridized carbons (Fsp3) is 1.00. The zero-order valence-corrected chi connectivity index (χ0v) is 7.68. The van der Waals surface area contributed by atoms with Crippen LogP contribution in [-0.4, -0.2) is 11.4 Å². The molecule has 0 unspecified atom stereocenters. The molecular weight excluding hydrogens is 169 g/mol. The number of nitrogens with two attached hydrogens (primary N) is 1. The smallest absolute Gasteiger partial charge is 0.0403 e. The molecule has 2 N–H and O–H groups in total. The Kier molecular flexibility index (Phi) is 4.66. The second kappa shape index (κ2) is 4.42. The predicted octanol–water partition coefficient (Wildman–Crippen LogP) is 2.31. The number of rotatable bonds is 1. The second-order valence-electron chi connectivity index (χ2n) is 3.06. The lowest BCUT2D eigenvalue weighted by Gasteiger charge is -2.30. The first-order valence-corrected chi connectivity index (χ1v) is 4.15. The third-order valence-electron chi connectivity index (χ3n) is 2.12. The Bertz CT molecular complexity index is 89.6. The molecule has 1 aliphatic carbocycles. The van der Waals surface area contributed by atoms with Crippen LogP contribution < -0.4 is 5.73 Å². The van der Waals surface area contributed by atoms with Crippen LogP contribution in [0.1, 0.15) is 32.1 Å². The summed E-state index contributed by atoms with van der Waals surface area (Å²) in [5.74, 6) is 0.632. The molecule has 0 atom stereocenters. The van der Waals surface area contributed by atoms with E-state index in [-0.39, 0.29) is 17.9 Å². The largest absolute Gasteiger partial charge is 0.324 e. The van der Waals surface area contributed by atoms with E-state index >= 15 is 0 Å². The summed E-state index contributed by atoms with van der Waals surface area (Å²) in [7, 11) is 0. The molecule has 3 heteroatoms. The van der Waals surface area contributed by atoms with Gasteiger partial charge in [-0.2, -0.15) is 0 Å². The van der Waals surface area contributed by atoms with E-state index in [4.69, 9.17) is 17.3 Å². The van der Waals surface area contributed by atoms with Gasteiger partial charge in [0.25, 0.3) is 0 Å². The minimum absolute atomic E-state index is 0. The molecule has 0 radical (unpaired) electrons. The molecule has 0 bridgehead atoms. The van der Waals surface area contributed by atoms with Gasteiger partial charge in [-0.05, 0) is 12.8 Å². The quantitative estimate of drug-likeness (QED) is 0.621. The van der Waals surface area contributed by atoms with Crippen LogP contribution in [0, 0.1) is 0 Å². The maximum atomic E-state index is 5.93. The third kappa shape index (κ3) is 2.65. The van der Waals surface area contributed by atoms with E-state index in [0.717, 1.165) is 12.8 Å². The minimum Gasteiger partial charge on any atom is -0.324 e. The lowest BCUT2D eigenvalue weighted by molar-refractivity contribution is 0.326. The van der Waals surface area contributed by atoms with Gasteiger partial charge in [-0.1, -0.05) is 19.3 Å². The number of halogens is 2. The summed E-state index contributed by atoms with van der Waals surface area (Å²) in [5.41, 5.74) is 5.91. The van der Waals surface area contributed by atoms with Crippen LogP contribution in [0.25, 0.3) is 0 Å². The average Bonchev–Trinajstić information content (AvgIpc) is 1.90. The molecule has 0 aliphatic heterocycles.